The number of H-pyrrole nitrogens is 2. The van der Waals surface area contributed by atoms with Crippen LogP contribution >= 0.6 is 0 Å². The minimum absolute atomic E-state index is 0.307. The van der Waals surface area contributed by atoms with Crippen LogP contribution in [0.5, 0.6) is 0 Å². The molecular formula is C10H9N3O3. The van der Waals surface area contributed by atoms with E-state index < -0.39 is 11.1 Å². The number of aromatic nitrogens is 2. The summed E-state index contributed by atoms with van der Waals surface area (Å²) in [7, 11) is 1.27. The summed E-state index contributed by atoms with van der Waals surface area (Å²) in [5, 5.41) is 3.07. The van der Waals surface area contributed by atoms with Gasteiger partial charge in [-0.05, 0) is 12.1 Å². The van der Waals surface area contributed by atoms with Crippen molar-refractivity contribution in [2.45, 2.75) is 0 Å². The molecule has 0 fully saturated rings. The fourth-order valence-electron chi connectivity index (χ4n) is 1.34. The van der Waals surface area contributed by atoms with Crippen LogP contribution in [-0.2, 0) is 4.84 Å². The van der Waals surface area contributed by atoms with E-state index in [1.54, 1.807) is 24.3 Å². The van der Waals surface area contributed by atoms with Gasteiger partial charge >= 0.3 is 0 Å². The average molecular weight is 219 g/mol. The molecule has 2 aromatic rings. The summed E-state index contributed by atoms with van der Waals surface area (Å²) in [4.78, 5) is 32.7. The third-order valence-electron chi connectivity index (χ3n) is 2.04. The Bertz CT molecular complexity index is 644. The Morgan fingerprint density at radius 1 is 1.06 bits per heavy atom. The lowest BCUT2D eigenvalue weighted by molar-refractivity contribution is 0.199. The second kappa shape index (κ2) is 4.01. The maximum Gasteiger partial charge on any atom is 0.283 e. The normalized spacial score (nSPS) is 10.1. The molecule has 0 aliphatic heterocycles. The standard InChI is InChI=1S/C10H9N3O3/c1-16-13-8-9(14)11-6-4-2-3-5-7(6)12-10(8)15/h2-5H,1H3,(H2,11,12,13,14,15). The Morgan fingerprint density at radius 2 is 1.56 bits per heavy atom. The monoisotopic (exact) mass is 219 g/mol. The smallest absolute Gasteiger partial charge is 0.283 e. The molecule has 0 saturated carbocycles. The van der Waals surface area contributed by atoms with Gasteiger partial charge in [-0.15, -0.1) is 0 Å². The fourth-order valence-corrected chi connectivity index (χ4v) is 1.34. The van der Waals surface area contributed by atoms with E-state index in [2.05, 4.69) is 20.0 Å². The van der Waals surface area contributed by atoms with Crippen LogP contribution in [0, 0.1) is 0 Å². The number of nitrogens with one attached hydrogen (secondary N) is 2. The van der Waals surface area contributed by atoms with E-state index in [0.717, 1.165) is 0 Å². The number of nitrogens with zero attached hydrogens (tertiary/aromatic N) is 1. The highest BCUT2D eigenvalue weighted by atomic mass is 16.6. The highest BCUT2D eigenvalue weighted by molar-refractivity contribution is 5.72. The lowest BCUT2D eigenvalue weighted by Crippen LogP contribution is -2.38. The number of hydrogen-bond donors (Lipinski definition) is 2. The molecule has 1 aromatic heterocycles. The quantitative estimate of drug-likeness (QED) is 0.644. The summed E-state index contributed by atoms with van der Waals surface area (Å²) < 4.78 is 0. The maximum atomic E-state index is 11.6. The summed E-state index contributed by atoms with van der Waals surface area (Å²) >= 11 is 0. The number of fused-ring (bicyclic) bond motifs is 1. The zero-order valence-corrected chi connectivity index (χ0v) is 8.48. The molecule has 16 heavy (non-hydrogen) atoms. The second-order valence-electron chi connectivity index (χ2n) is 3.08. The van der Waals surface area contributed by atoms with Gasteiger partial charge in [-0.3, -0.25) is 9.59 Å². The largest absolute Gasteiger partial charge is 0.398 e. The van der Waals surface area contributed by atoms with Gasteiger partial charge in [0.1, 0.15) is 7.11 Å². The fraction of sp³-hybridized carbons (Fsp3) is 0.100. The van der Waals surface area contributed by atoms with Crippen LogP contribution in [0.4, 0.5) is 0 Å². The number of aromatic amines is 2. The molecule has 6 heteroatoms. The first-order valence-electron chi connectivity index (χ1n) is 4.55. The van der Waals surface area contributed by atoms with Gasteiger partial charge in [-0.1, -0.05) is 17.3 Å². The minimum Gasteiger partial charge on any atom is -0.398 e. The van der Waals surface area contributed by atoms with Crippen LogP contribution in [0.25, 0.3) is 11.0 Å². The van der Waals surface area contributed by atoms with Crippen molar-refractivity contribution in [3.8, 4) is 0 Å². The average Bonchev–Trinajstić information content (AvgIpc) is 2.38. The van der Waals surface area contributed by atoms with Gasteiger partial charge in [0.25, 0.3) is 11.1 Å². The van der Waals surface area contributed by atoms with Crippen molar-refractivity contribution in [3.63, 3.8) is 0 Å². The molecule has 0 aliphatic rings. The van der Waals surface area contributed by atoms with Crippen LogP contribution in [0.15, 0.2) is 39.0 Å². The first kappa shape index (κ1) is 10.2. The van der Waals surface area contributed by atoms with Crippen molar-refractivity contribution < 1.29 is 4.84 Å². The molecule has 2 rings (SSSR count). The first-order chi connectivity index (χ1) is 7.72. The third-order valence-corrected chi connectivity index (χ3v) is 2.04. The summed E-state index contributed by atoms with van der Waals surface area (Å²) in [6, 6.07) is 6.87. The van der Waals surface area contributed by atoms with Gasteiger partial charge in [0.2, 0.25) is 5.36 Å². The molecule has 1 heterocycles. The van der Waals surface area contributed by atoms with E-state index >= 15 is 0 Å². The molecule has 0 spiro atoms. The SMILES string of the molecule is CON=c1c(=O)[nH]c2ccccc2[nH]c1=O. The highest BCUT2D eigenvalue weighted by Gasteiger charge is 1.99. The van der Waals surface area contributed by atoms with Gasteiger partial charge in [-0.2, -0.15) is 0 Å². The van der Waals surface area contributed by atoms with Crippen molar-refractivity contribution in [2.24, 2.45) is 5.16 Å². The van der Waals surface area contributed by atoms with E-state index in [-0.39, 0.29) is 5.36 Å². The Labute approximate surface area is 89.2 Å². The number of para-hydroxylation sites is 2. The third kappa shape index (κ3) is 1.72. The topological polar surface area (TPSA) is 87.3 Å². The molecule has 1 aromatic carbocycles. The number of hydrogen-bond acceptors (Lipinski definition) is 4. The minimum atomic E-state index is -0.593. The molecule has 0 amide bonds. The highest BCUT2D eigenvalue weighted by Crippen LogP contribution is 2.01. The predicted molar refractivity (Wildman–Crippen MR) is 57.8 cm³/mol. The van der Waals surface area contributed by atoms with E-state index in [9.17, 15) is 9.59 Å². The summed E-state index contributed by atoms with van der Waals surface area (Å²) in [6.45, 7) is 0. The van der Waals surface area contributed by atoms with E-state index in [1.165, 1.54) is 7.11 Å². The summed E-state index contributed by atoms with van der Waals surface area (Å²) in [5.74, 6) is 0. The summed E-state index contributed by atoms with van der Waals surface area (Å²) in [6.07, 6.45) is 0. The lowest BCUT2D eigenvalue weighted by atomic mass is 10.3. The Morgan fingerprint density at radius 3 is 2.00 bits per heavy atom. The maximum absolute atomic E-state index is 11.6. The van der Waals surface area contributed by atoms with E-state index in [1.807, 2.05) is 0 Å². The Hall–Kier alpha value is -2.37. The van der Waals surface area contributed by atoms with Gasteiger partial charge < -0.3 is 14.8 Å². The van der Waals surface area contributed by atoms with Gasteiger partial charge in [0.15, 0.2) is 0 Å². The first-order valence-corrected chi connectivity index (χ1v) is 4.55. The molecule has 82 valence electrons. The molecule has 0 unspecified atom stereocenters. The van der Waals surface area contributed by atoms with E-state index in [4.69, 9.17) is 0 Å². The zero-order valence-electron chi connectivity index (χ0n) is 8.48. The molecule has 2 N–H and O–H groups in total. The van der Waals surface area contributed by atoms with Crippen molar-refractivity contribution in [3.05, 3.63) is 50.3 Å². The van der Waals surface area contributed by atoms with Gasteiger partial charge in [0, 0.05) is 0 Å². The molecule has 0 radical (unpaired) electrons. The van der Waals surface area contributed by atoms with Crippen molar-refractivity contribution in [1.29, 1.82) is 0 Å². The Kier molecular flexibility index (Phi) is 2.55. The molecule has 0 atom stereocenters. The van der Waals surface area contributed by atoms with Crippen molar-refractivity contribution >= 4 is 11.0 Å². The Balaban J connectivity index is 3.05. The van der Waals surface area contributed by atoms with Crippen molar-refractivity contribution in [1.82, 2.24) is 9.97 Å². The van der Waals surface area contributed by atoms with Crippen LogP contribution in [0.1, 0.15) is 0 Å². The van der Waals surface area contributed by atoms with Gasteiger partial charge in [-0.25, -0.2) is 0 Å². The lowest BCUT2D eigenvalue weighted by Gasteiger charge is -1.88. The predicted octanol–water partition coefficient (Wildman–Crippen LogP) is -0.322. The summed E-state index contributed by atoms with van der Waals surface area (Å²) in [5.41, 5.74) is -0.127. The van der Waals surface area contributed by atoms with Crippen molar-refractivity contribution in [2.75, 3.05) is 7.11 Å². The molecule has 0 bridgehead atoms. The van der Waals surface area contributed by atoms with Crippen LogP contribution in [0.3, 0.4) is 0 Å². The molecule has 0 aliphatic carbocycles. The van der Waals surface area contributed by atoms with Gasteiger partial charge in [0.05, 0.1) is 11.0 Å². The van der Waals surface area contributed by atoms with E-state index in [0.29, 0.717) is 11.0 Å². The van der Waals surface area contributed by atoms with Crippen LogP contribution < -0.4 is 16.5 Å². The second-order valence-corrected chi connectivity index (χ2v) is 3.08. The number of rotatable bonds is 1. The van der Waals surface area contributed by atoms with Crippen LogP contribution in [-0.4, -0.2) is 17.1 Å². The molecule has 6 nitrogen and oxygen atoms in total. The molecular weight excluding hydrogens is 210 g/mol. The molecule has 0 saturated heterocycles. The zero-order chi connectivity index (χ0) is 11.5. The number of benzene rings is 1. The van der Waals surface area contributed by atoms with Crippen LogP contribution in [0.2, 0.25) is 0 Å².